The molecule has 0 spiro atoms. The third kappa shape index (κ3) is 6.07. The van der Waals surface area contributed by atoms with Crippen LogP contribution in [0, 0.1) is 0 Å². The van der Waals surface area contributed by atoms with Crippen LogP contribution in [0.25, 0.3) is 17.4 Å². The van der Waals surface area contributed by atoms with Crippen LogP contribution in [0.4, 0.5) is 11.4 Å². The summed E-state index contributed by atoms with van der Waals surface area (Å²) in [6.45, 7) is 2.88. The fourth-order valence-electron chi connectivity index (χ4n) is 4.10. The summed E-state index contributed by atoms with van der Waals surface area (Å²) in [6, 6.07) is 20.2. The average molecular weight is 552 g/mol. The molecule has 3 heterocycles. The van der Waals surface area contributed by atoms with Crippen LogP contribution in [0.2, 0.25) is 10.0 Å². The molecule has 0 aliphatic carbocycles. The maximum atomic E-state index is 12.5. The number of anilines is 2. The number of thiophene rings is 1. The van der Waals surface area contributed by atoms with Crippen molar-refractivity contribution in [2.75, 3.05) is 36.4 Å². The van der Waals surface area contributed by atoms with Gasteiger partial charge in [-0.3, -0.25) is 9.59 Å². The Hall–Kier alpha value is -3.52. The van der Waals surface area contributed by atoms with E-state index in [0.717, 1.165) is 29.2 Å². The molecule has 0 bridgehead atoms. The van der Waals surface area contributed by atoms with Crippen molar-refractivity contribution < 1.29 is 14.0 Å². The molecule has 1 aliphatic rings. The van der Waals surface area contributed by atoms with Crippen molar-refractivity contribution in [3.63, 3.8) is 0 Å². The highest BCUT2D eigenvalue weighted by Gasteiger charge is 2.22. The summed E-state index contributed by atoms with van der Waals surface area (Å²) in [5.74, 6) is 0.952. The molecule has 1 saturated heterocycles. The van der Waals surface area contributed by atoms with Gasteiger partial charge in [0.1, 0.15) is 11.5 Å². The SMILES string of the molecule is O=C(/C=C/c1ccc(-c2ccc(Cl)cc2Cl)o1)Nc1ccc(N2CCN(C(=O)c3cccs3)CC2)cc1. The van der Waals surface area contributed by atoms with Crippen molar-refractivity contribution in [3.8, 4) is 11.3 Å². The highest BCUT2D eigenvalue weighted by molar-refractivity contribution is 7.12. The van der Waals surface area contributed by atoms with Crippen LogP contribution in [-0.4, -0.2) is 42.9 Å². The summed E-state index contributed by atoms with van der Waals surface area (Å²) in [7, 11) is 0. The molecular formula is C28H23Cl2N3O3S. The van der Waals surface area contributed by atoms with Gasteiger partial charge in [-0.1, -0.05) is 29.3 Å². The third-order valence-corrected chi connectivity index (χ3v) is 7.43. The number of nitrogens with zero attached hydrogens (tertiary/aromatic N) is 2. The highest BCUT2D eigenvalue weighted by atomic mass is 35.5. The Labute approximate surface area is 228 Å². The Bertz CT molecular complexity index is 1420. The quantitative estimate of drug-likeness (QED) is 0.264. The Balaban J connectivity index is 1.13. The van der Waals surface area contributed by atoms with Gasteiger partial charge >= 0.3 is 0 Å². The molecule has 0 radical (unpaired) electrons. The number of benzene rings is 2. The van der Waals surface area contributed by atoms with E-state index < -0.39 is 0 Å². The molecule has 2 amide bonds. The van der Waals surface area contributed by atoms with Crippen LogP contribution < -0.4 is 10.2 Å². The lowest BCUT2D eigenvalue weighted by Gasteiger charge is -2.36. The number of nitrogens with one attached hydrogen (secondary N) is 1. The van der Waals surface area contributed by atoms with Crippen LogP contribution in [-0.2, 0) is 4.79 Å². The number of furan rings is 1. The molecule has 188 valence electrons. The minimum Gasteiger partial charge on any atom is -0.457 e. The monoisotopic (exact) mass is 551 g/mol. The second-order valence-corrected chi connectivity index (χ2v) is 10.2. The fraction of sp³-hybridized carbons (Fsp3) is 0.143. The van der Waals surface area contributed by atoms with E-state index in [1.807, 2.05) is 46.7 Å². The lowest BCUT2D eigenvalue weighted by Crippen LogP contribution is -2.48. The number of carbonyl (C=O) groups excluding carboxylic acids is 2. The molecule has 0 unspecified atom stereocenters. The maximum absolute atomic E-state index is 12.5. The third-order valence-electron chi connectivity index (χ3n) is 6.02. The molecule has 37 heavy (non-hydrogen) atoms. The van der Waals surface area contributed by atoms with Gasteiger partial charge in [-0.25, -0.2) is 0 Å². The molecule has 1 aliphatic heterocycles. The Morgan fingerprint density at radius 3 is 2.43 bits per heavy atom. The second kappa shape index (κ2) is 11.3. The summed E-state index contributed by atoms with van der Waals surface area (Å²) in [4.78, 5) is 29.9. The zero-order chi connectivity index (χ0) is 25.8. The number of carbonyl (C=O) groups is 2. The summed E-state index contributed by atoms with van der Waals surface area (Å²) in [6.07, 6.45) is 3.03. The van der Waals surface area contributed by atoms with Crippen molar-refractivity contribution >= 4 is 63.8 Å². The lowest BCUT2D eigenvalue weighted by molar-refractivity contribution is -0.111. The van der Waals surface area contributed by atoms with Gasteiger partial charge < -0.3 is 19.5 Å². The molecule has 2 aromatic carbocycles. The van der Waals surface area contributed by atoms with Gasteiger partial charge in [0.25, 0.3) is 5.91 Å². The number of hydrogen-bond donors (Lipinski definition) is 1. The highest BCUT2D eigenvalue weighted by Crippen LogP contribution is 2.31. The number of halogens is 2. The first kappa shape index (κ1) is 25.1. The van der Waals surface area contributed by atoms with E-state index in [0.29, 0.717) is 40.3 Å². The zero-order valence-electron chi connectivity index (χ0n) is 19.7. The number of rotatable bonds is 6. The largest absolute Gasteiger partial charge is 0.457 e. The van der Waals surface area contributed by atoms with E-state index in [2.05, 4.69) is 10.2 Å². The minimum atomic E-state index is -0.268. The summed E-state index contributed by atoms with van der Waals surface area (Å²) in [5, 5.41) is 5.83. The van der Waals surface area contributed by atoms with Gasteiger partial charge in [0, 0.05) is 54.2 Å². The van der Waals surface area contributed by atoms with E-state index in [-0.39, 0.29) is 11.8 Å². The van der Waals surface area contributed by atoms with Gasteiger partial charge in [0.15, 0.2) is 0 Å². The van der Waals surface area contributed by atoms with Gasteiger partial charge in [-0.15, -0.1) is 11.3 Å². The molecular weight excluding hydrogens is 529 g/mol. The Morgan fingerprint density at radius 1 is 0.946 bits per heavy atom. The lowest BCUT2D eigenvalue weighted by atomic mass is 10.2. The molecule has 1 fully saturated rings. The number of hydrogen-bond acceptors (Lipinski definition) is 5. The fourth-order valence-corrected chi connectivity index (χ4v) is 5.29. The molecule has 0 saturated carbocycles. The van der Waals surface area contributed by atoms with Gasteiger partial charge in [0.05, 0.1) is 9.90 Å². The van der Waals surface area contributed by atoms with Crippen LogP contribution in [0.15, 0.2) is 82.6 Å². The number of amides is 2. The van der Waals surface area contributed by atoms with E-state index in [4.69, 9.17) is 27.6 Å². The molecule has 4 aromatic rings. The van der Waals surface area contributed by atoms with Crippen molar-refractivity contribution in [1.29, 1.82) is 0 Å². The maximum Gasteiger partial charge on any atom is 0.264 e. The van der Waals surface area contributed by atoms with Gasteiger partial charge in [-0.2, -0.15) is 0 Å². The topological polar surface area (TPSA) is 65.8 Å². The normalized spacial score (nSPS) is 13.8. The number of piperazine rings is 1. The molecule has 9 heteroatoms. The molecule has 1 N–H and O–H groups in total. The van der Waals surface area contributed by atoms with Crippen LogP contribution >= 0.6 is 34.5 Å². The minimum absolute atomic E-state index is 0.0975. The zero-order valence-corrected chi connectivity index (χ0v) is 22.0. The van der Waals surface area contributed by atoms with Crippen molar-refractivity contribution in [3.05, 3.63) is 98.9 Å². The first-order valence-corrected chi connectivity index (χ1v) is 13.3. The van der Waals surface area contributed by atoms with Crippen molar-refractivity contribution in [1.82, 2.24) is 4.90 Å². The van der Waals surface area contributed by atoms with Crippen LogP contribution in [0.5, 0.6) is 0 Å². The van der Waals surface area contributed by atoms with E-state index in [9.17, 15) is 9.59 Å². The Morgan fingerprint density at radius 2 is 1.73 bits per heavy atom. The Kier molecular flexibility index (Phi) is 7.65. The van der Waals surface area contributed by atoms with Gasteiger partial charge in [-0.05, 0) is 72.1 Å². The molecule has 6 nitrogen and oxygen atoms in total. The summed E-state index contributed by atoms with van der Waals surface area (Å²) >= 11 is 13.7. The van der Waals surface area contributed by atoms with E-state index in [1.165, 1.54) is 17.4 Å². The molecule has 5 rings (SSSR count). The second-order valence-electron chi connectivity index (χ2n) is 8.45. The van der Waals surface area contributed by atoms with Crippen LogP contribution in [0.3, 0.4) is 0 Å². The summed E-state index contributed by atoms with van der Waals surface area (Å²) in [5.41, 5.74) is 2.48. The van der Waals surface area contributed by atoms with E-state index in [1.54, 1.807) is 36.4 Å². The molecule has 2 aromatic heterocycles. The van der Waals surface area contributed by atoms with E-state index >= 15 is 0 Å². The average Bonchev–Trinajstić information content (AvgIpc) is 3.61. The predicted octanol–water partition coefficient (Wildman–Crippen LogP) is 6.93. The van der Waals surface area contributed by atoms with Gasteiger partial charge in [0.2, 0.25) is 5.91 Å². The van der Waals surface area contributed by atoms with Crippen LogP contribution in [0.1, 0.15) is 15.4 Å². The first-order chi connectivity index (χ1) is 18.0. The smallest absolute Gasteiger partial charge is 0.264 e. The standard InChI is InChI=1S/C28H23Cl2N3O3S/c29-19-3-10-23(24(30)18-19)25-11-8-22(36-25)9-12-27(34)31-20-4-6-21(7-5-20)32-13-15-33(16-14-32)28(35)26-2-1-17-37-26/h1-12,17-18H,13-16H2,(H,31,34)/b12-9+. The summed E-state index contributed by atoms with van der Waals surface area (Å²) < 4.78 is 5.79. The molecule has 0 atom stereocenters. The predicted molar refractivity (Wildman–Crippen MR) is 151 cm³/mol. The van der Waals surface area contributed by atoms with Crippen molar-refractivity contribution in [2.45, 2.75) is 0 Å². The first-order valence-electron chi connectivity index (χ1n) is 11.7. The van der Waals surface area contributed by atoms with Crippen molar-refractivity contribution in [2.24, 2.45) is 0 Å².